The molecular formula is C20H24N2O2. The monoisotopic (exact) mass is 324 g/mol. The average molecular weight is 324 g/mol. The van der Waals surface area contributed by atoms with Crippen molar-refractivity contribution in [2.45, 2.75) is 20.3 Å². The van der Waals surface area contributed by atoms with Crippen LogP contribution in [0.15, 0.2) is 42.5 Å². The lowest BCUT2D eigenvalue weighted by Crippen LogP contribution is -2.35. The highest BCUT2D eigenvalue weighted by atomic mass is 16.3. The summed E-state index contributed by atoms with van der Waals surface area (Å²) in [6, 6.07) is 13.5. The number of phenols is 1. The number of aromatic hydroxyl groups is 1. The summed E-state index contributed by atoms with van der Waals surface area (Å²) in [6.45, 7) is 7.17. The second-order valence-corrected chi connectivity index (χ2v) is 6.42. The molecule has 0 unspecified atom stereocenters. The zero-order valence-electron chi connectivity index (χ0n) is 14.3. The van der Waals surface area contributed by atoms with Gasteiger partial charge in [0.05, 0.1) is 0 Å². The smallest absolute Gasteiger partial charge is 0.254 e. The highest BCUT2D eigenvalue weighted by molar-refractivity contribution is 5.94. The van der Waals surface area contributed by atoms with Crippen LogP contribution in [-0.4, -0.2) is 42.1 Å². The maximum atomic E-state index is 12.7. The Balaban J connectivity index is 1.72. The van der Waals surface area contributed by atoms with Crippen LogP contribution in [0, 0.1) is 13.8 Å². The molecule has 3 rings (SSSR count). The van der Waals surface area contributed by atoms with Crippen LogP contribution in [-0.2, 0) is 0 Å². The number of anilines is 1. The van der Waals surface area contributed by atoms with E-state index in [0.29, 0.717) is 12.1 Å². The normalized spacial score (nSPS) is 15.2. The first kappa shape index (κ1) is 16.4. The maximum absolute atomic E-state index is 12.7. The van der Waals surface area contributed by atoms with Crippen molar-refractivity contribution in [2.24, 2.45) is 0 Å². The molecule has 0 spiro atoms. The van der Waals surface area contributed by atoms with Gasteiger partial charge < -0.3 is 14.9 Å². The fourth-order valence-corrected chi connectivity index (χ4v) is 3.20. The molecule has 1 aliphatic rings. The molecule has 126 valence electrons. The molecule has 0 bridgehead atoms. The fraction of sp³-hybridized carbons (Fsp3) is 0.350. The topological polar surface area (TPSA) is 43.8 Å². The van der Waals surface area contributed by atoms with E-state index in [4.69, 9.17) is 0 Å². The highest BCUT2D eigenvalue weighted by Gasteiger charge is 2.21. The number of aryl methyl sites for hydroxylation is 2. The fourth-order valence-electron chi connectivity index (χ4n) is 3.20. The second kappa shape index (κ2) is 6.95. The summed E-state index contributed by atoms with van der Waals surface area (Å²) in [4.78, 5) is 17.0. The van der Waals surface area contributed by atoms with Crippen molar-refractivity contribution in [2.75, 3.05) is 31.1 Å². The summed E-state index contributed by atoms with van der Waals surface area (Å²) < 4.78 is 0. The van der Waals surface area contributed by atoms with Crippen LogP contribution < -0.4 is 4.90 Å². The molecular weight excluding hydrogens is 300 g/mol. The molecule has 0 atom stereocenters. The van der Waals surface area contributed by atoms with Gasteiger partial charge in [-0.1, -0.05) is 24.3 Å². The molecule has 2 aromatic rings. The number of phenolic OH excluding ortho intramolecular Hbond substituents is 1. The predicted molar refractivity (Wildman–Crippen MR) is 96.8 cm³/mol. The van der Waals surface area contributed by atoms with Crippen molar-refractivity contribution in [3.63, 3.8) is 0 Å². The molecule has 1 fully saturated rings. The zero-order chi connectivity index (χ0) is 17.1. The first-order valence-electron chi connectivity index (χ1n) is 8.46. The Morgan fingerprint density at radius 1 is 0.958 bits per heavy atom. The van der Waals surface area contributed by atoms with Gasteiger partial charge in [-0.05, 0) is 49.6 Å². The third-order valence-corrected chi connectivity index (χ3v) is 4.70. The molecule has 0 saturated carbocycles. The number of carbonyl (C=O) groups excluding carboxylic acids is 1. The third kappa shape index (κ3) is 3.37. The quantitative estimate of drug-likeness (QED) is 0.921. The van der Waals surface area contributed by atoms with Gasteiger partial charge in [0.1, 0.15) is 5.75 Å². The van der Waals surface area contributed by atoms with Gasteiger partial charge in [0, 0.05) is 37.4 Å². The minimum atomic E-state index is -0.00284. The number of nitrogens with zero attached hydrogens (tertiary/aromatic N) is 2. The van der Waals surface area contributed by atoms with Crippen LogP contribution in [0.25, 0.3) is 0 Å². The SMILES string of the molecule is Cc1ccc(C(=O)N2CCCN(c3ccccc3C)CC2)cc1O. The molecule has 4 nitrogen and oxygen atoms in total. The number of hydrogen-bond donors (Lipinski definition) is 1. The Hall–Kier alpha value is -2.49. The largest absolute Gasteiger partial charge is 0.508 e. The minimum absolute atomic E-state index is 0.00284. The van der Waals surface area contributed by atoms with Crippen LogP contribution in [0.1, 0.15) is 27.9 Å². The van der Waals surface area contributed by atoms with Crippen molar-refractivity contribution >= 4 is 11.6 Å². The second-order valence-electron chi connectivity index (χ2n) is 6.42. The molecule has 1 saturated heterocycles. The van der Waals surface area contributed by atoms with E-state index in [0.717, 1.165) is 31.6 Å². The molecule has 4 heteroatoms. The molecule has 2 aromatic carbocycles. The Kier molecular flexibility index (Phi) is 4.74. The summed E-state index contributed by atoms with van der Waals surface area (Å²) in [5.41, 5.74) is 3.86. The lowest BCUT2D eigenvalue weighted by molar-refractivity contribution is 0.0766. The minimum Gasteiger partial charge on any atom is -0.508 e. The molecule has 1 amide bonds. The number of para-hydroxylation sites is 1. The van der Waals surface area contributed by atoms with Crippen molar-refractivity contribution in [3.8, 4) is 5.75 Å². The van der Waals surface area contributed by atoms with E-state index in [1.54, 1.807) is 18.2 Å². The molecule has 1 aliphatic heterocycles. The number of carbonyl (C=O) groups is 1. The Bertz CT molecular complexity index is 742. The first-order valence-corrected chi connectivity index (χ1v) is 8.46. The van der Waals surface area contributed by atoms with Crippen LogP contribution in [0.2, 0.25) is 0 Å². The summed E-state index contributed by atoms with van der Waals surface area (Å²) >= 11 is 0. The van der Waals surface area contributed by atoms with E-state index >= 15 is 0 Å². The molecule has 0 aromatic heterocycles. The molecule has 0 radical (unpaired) electrons. The van der Waals surface area contributed by atoms with Crippen molar-refractivity contribution in [1.29, 1.82) is 0 Å². The number of rotatable bonds is 2. The van der Waals surface area contributed by atoms with Crippen molar-refractivity contribution < 1.29 is 9.90 Å². The number of hydrogen-bond acceptors (Lipinski definition) is 3. The van der Waals surface area contributed by atoms with Gasteiger partial charge in [-0.2, -0.15) is 0 Å². The van der Waals surface area contributed by atoms with Crippen LogP contribution in [0.4, 0.5) is 5.69 Å². The Labute approximate surface area is 143 Å². The van der Waals surface area contributed by atoms with Gasteiger partial charge in [-0.15, -0.1) is 0 Å². The summed E-state index contributed by atoms with van der Waals surface area (Å²) in [5, 5.41) is 9.85. The standard InChI is InChI=1S/C20H24N2O2/c1-15-6-3-4-7-18(15)21-10-5-11-22(13-12-21)20(24)17-9-8-16(2)19(23)14-17/h3-4,6-9,14,23H,5,10-13H2,1-2H3. The van der Waals surface area contributed by atoms with Gasteiger partial charge in [0.15, 0.2) is 0 Å². The molecule has 24 heavy (non-hydrogen) atoms. The summed E-state index contributed by atoms with van der Waals surface area (Å²) in [7, 11) is 0. The zero-order valence-corrected chi connectivity index (χ0v) is 14.3. The first-order chi connectivity index (χ1) is 11.6. The van der Waals surface area contributed by atoms with Gasteiger partial charge in [0.25, 0.3) is 5.91 Å². The van der Waals surface area contributed by atoms with Crippen molar-refractivity contribution in [1.82, 2.24) is 4.90 Å². The van der Waals surface area contributed by atoms with Crippen molar-refractivity contribution in [3.05, 3.63) is 59.2 Å². The molecule has 0 aliphatic carbocycles. The maximum Gasteiger partial charge on any atom is 0.254 e. The predicted octanol–water partition coefficient (Wildman–Crippen LogP) is 3.36. The Morgan fingerprint density at radius 2 is 1.75 bits per heavy atom. The highest BCUT2D eigenvalue weighted by Crippen LogP contribution is 2.22. The van der Waals surface area contributed by atoms with Gasteiger partial charge in [-0.25, -0.2) is 0 Å². The van der Waals surface area contributed by atoms with Crippen LogP contribution >= 0.6 is 0 Å². The third-order valence-electron chi connectivity index (χ3n) is 4.70. The van der Waals surface area contributed by atoms with E-state index in [-0.39, 0.29) is 11.7 Å². The van der Waals surface area contributed by atoms with E-state index in [1.807, 2.05) is 11.8 Å². The van der Waals surface area contributed by atoms with Crippen LogP contribution in [0.3, 0.4) is 0 Å². The van der Waals surface area contributed by atoms with E-state index < -0.39 is 0 Å². The number of amides is 1. The lowest BCUT2D eigenvalue weighted by atomic mass is 10.1. The van der Waals surface area contributed by atoms with E-state index in [2.05, 4.69) is 36.1 Å². The van der Waals surface area contributed by atoms with Gasteiger partial charge in [-0.3, -0.25) is 4.79 Å². The van der Waals surface area contributed by atoms with Crippen LogP contribution in [0.5, 0.6) is 5.75 Å². The summed E-state index contributed by atoms with van der Waals surface area (Å²) in [5.74, 6) is 0.175. The average Bonchev–Trinajstić information content (AvgIpc) is 2.83. The van der Waals surface area contributed by atoms with E-state index in [9.17, 15) is 9.90 Å². The lowest BCUT2D eigenvalue weighted by Gasteiger charge is -2.25. The van der Waals surface area contributed by atoms with Gasteiger partial charge in [0.2, 0.25) is 0 Å². The molecule has 1 N–H and O–H groups in total. The van der Waals surface area contributed by atoms with Gasteiger partial charge >= 0.3 is 0 Å². The molecule has 1 heterocycles. The van der Waals surface area contributed by atoms with E-state index in [1.165, 1.54) is 11.3 Å². The number of benzene rings is 2. The Morgan fingerprint density at radius 3 is 2.50 bits per heavy atom. The summed E-state index contributed by atoms with van der Waals surface area (Å²) in [6.07, 6.45) is 0.942.